The number of hydrogen-bond donors (Lipinski definition) is 0. The summed E-state index contributed by atoms with van der Waals surface area (Å²) < 4.78 is 0. The van der Waals surface area contributed by atoms with Gasteiger partial charge in [0.25, 0.3) is 0 Å². The summed E-state index contributed by atoms with van der Waals surface area (Å²) in [6.07, 6.45) is 8.60. The van der Waals surface area contributed by atoms with Gasteiger partial charge in [0.1, 0.15) is 0 Å². The predicted octanol–water partition coefficient (Wildman–Crippen LogP) is 3.10. The summed E-state index contributed by atoms with van der Waals surface area (Å²) in [6, 6.07) is 0. The SMILES string of the molecule is C=CC[C]1N=C(CC=C)C(CC=C)=N1. The summed E-state index contributed by atoms with van der Waals surface area (Å²) in [5, 5.41) is 0. The minimum atomic E-state index is 0.723. The fraction of sp³-hybridized carbons (Fsp3) is 0.250. The van der Waals surface area contributed by atoms with Gasteiger partial charge in [0.2, 0.25) is 0 Å². The molecule has 14 heavy (non-hydrogen) atoms. The van der Waals surface area contributed by atoms with E-state index in [0.717, 1.165) is 36.9 Å². The number of aliphatic imine (C=N–C) groups is 2. The van der Waals surface area contributed by atoms with Gasteiger partial charge in [-0.3, -0.25) is 9.98 Å². The van der Waals surface area contributed by atoms with Crippen molar-refractivity contribution in [1.29, 1.82) is 0 Å². The standard InChI is InChI=1S/C12H15N2/c1-4-7-10-11(8-5-2)14-12(13-10)9-6-3/h4-6H,1-3,7-9H2. The summed E-state index contributed by atoms with van der Waals surface area (Å²) in [5.74, 6) is 0. The summed E-state index contributed by atoms with van der Waals surface area (Å²) in [4.78, 5) is 8.81. The van der Waals surface area contributed by atoms with Crippen LogP contribution in [0.15, 0.2) is 47.9 Å². The van der Waals surface area contributed by atoms with E-state index in [0.29, 0.717) is 0 Å². The van der Waals surface area contributed by atoms with Gasteiger partial charge in [-0.15, -0.1) is 19.7 Å². The van der Waals surface area contributed by atoms with Crippen LogP contribution >= 0.6 is 0 Å². The Balaban J connectivity index is 2.74. The molecule has 0 aromatic carbocycles. The van der Waals surface area contributed by atoms with E-state index in [1.54, 1.807) is 0 Å². The van der Waals surface area contributed by atoms with Gasteiger partial charge in [0.15, 0.2) is 6.17 Å². The molecule has 0 saturated carbocycles. The molecule has 1 heterocycles. The lowest BCUT2D eigenvalue weighted by molar-refractivity contribution is 0.930. The lowest BCUT2D eigenvalue weighted by Gasteiger charge is -1.97. The Morgan fingerprint density at radius 1 is 0.786 bits per heavy atom. The number of hydrogen-bond acceptors (Lipinski definition) is 2. The molecule has 1 aliphatic rings. The van der Waals surface area contributed by atoms with Crippen molar-refractivity contribution in [3.8, 4) is 0 Å². The molecular formula is C12H15N2. The van der Waals surface area contributed by atoms with Crippen molar-refractivity contribution in [3.63, 3.8) is 0 Å². The average molecular weight is 187 g/mol. The molecule has 2 nitrogen and oxygen atoms in total. The highest BCUT2D eigenvalue weighted by atomic mass is 15.1. The maximum atomic E-state index is 4.41. The van der Waals surface area contributed by atoms with E-state index in [9.17, 15) is 0 Å². The van der Waals surface area contributed by atoms with E-state index in [1.807, 2.05) is 18.2 Å². The summed E-state index contributed by atoms with van der Waals surface area (Å²) in [7, 11) is 0. The molecular weight excluding hydrogens is 172 g/mol. The highest BCUT2D eigenvalue weighted by Gasteiger charge is 2.18. The van der Waals surface area contributed by atoms with Crippen LogP contribution in [0.25, 0.3) is 0 Å². The second-order valence-electron chi connectivity index (χ2n) is 3.01. The normalized spacial score (nSPS) is 16.0. The number of rotatable bonds is 6. The molecule has 0 fully saturated rings. The Morgan fingerprint density at radius 2 is 1.21 bits per heavy atom. The Labute approximate surface area is 85.5 Å². The molecule has 2 heteroatoms. The zero-order chi connectivity index (χ0) is 10.4. The molecule has 0 unspecified atom stereocenters. The largest absolute Gasteiger partial charge is 0.253 e. The first kappa shape index (κ1) is 10.6. The summed E-state index contributed by atoms with van der Waals surface area (Å²) >= 11 is 0. The Morgan fingerprint density at radius 3 is 1.57 bits per heavy atom. The molecule has 0 bridgehead atoms. The number of nitrogens with zero attached hydrogens (tertiary/aromatic N) is 2. The molecule has 0 atom stereocenters. The fourth-order valence-electron chi connectivity index (χ4n) is 1.29. The Hall–Kier alpha value is -1.44. The zero-order valence-corrected chi connectivity index (χ0v) is 8.37. The second-order valence-corrected chi connectivity index (χ2v) is 3.01. The third-order valence-electron chi connectivity index (χ3n) is 1.86. The molecule has 73 valence electrons. The first-order chi connectivity index (χ1) is 6.81. The third-order valence-corrected chi connectivity index (χ3v) is 1.86. The summed E-state index contributed by atoms with van der Waals surface area (Å²) in [6.45, 7) is 11.1. The van der Waals surface area contributed by atoms with Crippen molar-refractivity contribution in [3.05, 3.63) is 44.1 Å². The van der Waals surface area contributed by atoms with Gasteiger partial charge >= 0.3 is 0 Å². The molecule has 0 spiro atoms. The molecule has 0 aromatic heterocycles. The van der Waals surface area contributed by atoms with E-state index in [4.69, 9.17) is 0 Å². The minimum Gasteiger partial charge on any atom is -0.253 e. The van der Waals surface area contributed by atoms with Gasteiger partial charge < -0.3 is 0 Å². The van der Waals surface area contributed by atoms with Crippen molar-refractivity contribution in [2.45, 2.75) is 19.3 Å². The first-order valence-electron chi connectivity index (χ1n) is 4.65. The van der Waals surface area contributed by atoms with E-state index < -0.39 is 0 Å². The molecule has 1 radical (unpaired) electrons. The van der Waals surface area contributed by atoms with Crippen molar-refractivity contribution < 1.29 is 0 Å². The molecule has 1 aliphatic heterocycles. The highest BCUT2D eigenvalue weighted by Crippen LogP contribution is 2.20. The maximum Gasteiger partial charge on any atom is 0.199 e. The Bertz CT molecular complexity index is 271. The second kappa shape index (κ2) is 5.32. The van der Waals surface area contributed by atoms with Crippen LogP contribution in [-0.2, 0) is 0 Å². The molecule has 1 rings (SSSR count). The third kappa shape index (κ3) is 2.52. The summed E-state index contributed by atoms with van der Waals surface area (Å²) in [5.41, 5.74) is 2.02. The average Bonchev–Trinajstić information content (AvgIpc) is 2.50. The van der Waals surface area contributed by atoms with Crippen LogP contribution in [0, 0.1) is 6.17 Å². The van der Waals surface area contributed by atoms with Crippen LogP contribution < -0.4 is 0 Å². The highest BCUT2D eigenvalue weighted by molar-refractivity contribution is 6.44. The van der Waals surface area contributed by atoms with Gasteiger partial charge in [0, 0.05) is 19.3 Å². The molecule has 0 saturated heterocycles. The lowest BCUT2D eigenvalue weighted by Crippen LogP contribution is -2.08. The molecule has 0 aromatic rings. The van der Waals surface area contributed by atoms with Crippen molar-refractivity contribution in [2.24, 2.45) is 9.98 Å². The monoisotopic (exact) mass is 187 g/mol. The van der Waals surface area contributed by atoms with E-state index in [1.165, 1.54) is 0 Å². The van der Waals surface area contributed by atoms with Crippen LogP contribution in [0.5, 0.6) is 0 Å². The van der Waals surface area contributed by atoms with Crippen LogP contribution in [0.2, 0.25) is 0 Å². The molecule has 0 N–H and O–H groups in total. The zero-order valence-electron chi connectivity index (χ0n) is 8.37. The maximum absolute atomic E-state index is 4.41. The number of allylic oxidation sites excluding steroid dienone is 2. The van der Waals surface area contributed by atoms with Gasteiger partial charge in [-0.25, -0.2) is 0 Å². The Kier molecular flexibility index (Phi) is 4.05. The van der Waals surface area contributed by atoms with Crippen molar-refractivity contribution >= 4 is 11.4 Å². The van der Waals surface area contributed by atoms with E-state index in [-0.39, 0.29) is 0 Å². The smallest absolute Gasteiger partial charge is 0.199 e. The molecule has 0 amide bonds. The van der Waals surface area contributed by atoms with Crippen molar-refractivity contribution in [2.75, 3.05) is 0 Å². The van der Waals surface area contributed by atoms with Gasteiger partial charge in [-0.05, 0) is 0 Å². The predicted molar refractivity (Wildman–Crippen MR) is 62.6 cm³/mol. The van der Waals surface area contributed by atoms with Gasteiger partial charge in [0.05, 0.1) is 11.4 Å². The minimum absolute atomic E-state index is 0.723. The van der Waals surface area contributed by atoms with Crippen LogP contribution in [0.3, 0.4) is 0 Å². The van der Waals surface area contributed by atoms with Gasteiger partial charge in [-0.2, -0.15) is 0 Å². The first-order valence-corrected chi connectivity index (χ1v) is 4.65. The fourth-order valence-corrected chi connectivity index (χ4v) is 1.29. The van der Waals surface area contributed by atoms with E-state index in [2.05, 4.69) is 29.7 Å². The van der Waals surface area contributed by atoms with Crippen LogP contribution in [0.1, 0.15) is 19.3 Å². The topological polar surface area (TPSA) is 24.7 Å². The molecule has 0 aliphatic carbocycles. The van der Waals surface area contributed by atoms with Crippen LogP contribution in [-0.4, -0.2) is 11.4 Å². The van der Waals surface area contributed by atoms with Crippen molar-refractivity contribution in [1.82, 2.24) is 0 Å². The van der Waals surface area contributed by atoms with Crippen LogP contribution in [0.4, 0.5) is 0 Å². The van der Waals surface area contributed by atoms with E-state index >= 15 is 0 Å². The quantitative estimate of drug-likeness (QED) is 0.571. The lowest BCUT2D eigenvalue weighted by atomic mass is 10.1. The van der Waals surface area contributed by atoms with Gasteiger partial charge in [-0.1, -0.05) is 18.2 Å².